The Balaban J connectivity index is 0.909. The molecule has 7 atom stereocenters. The van der Waals surface area contributed by atoms with Crippen molar-refractivity contribution in [2.24, 2.45) is 11.8 Å². The van der Waals surface area contributed by atoms with Crippen LogP contribution in [0.3, 0.4) is 0 Å². The first-order valence-corrected chi connectivity index (χ1v) is 23.8. The molecule has 66 heavy (non-hydrogen) atoms. The molecule has 2 saturated heterocycles. The minimum Gasteiger partial charge on any atom is -0.354 e. The maximum Gasteiger partial charge on any atom is 0.253 e. The molecule has 4 aliphatic rings. The third kappa shape index (κ3) is 11.3. The van der Waals surface area contributed by atoms with Crippen molar-refractivity contribution in [1.82, 2.24) is 30.7 Å². The summed E-state index contributed by atoms with van der Waals surface area (Å²) in [6.07, 6.45) is 7.33. The molecular weight excluding hydrogens is 836 g/mol. The molecular formula is C53H61FN6O6. The summed E-state index contributed by atoms with van der Waals surface area (Å²) in [6, 6.07) is 31.5. The van der Waals surface area contributed by atoms with Gasteiger partial charge in [0.15, 0.2) is 0 Å². The van der Waals surface area contributed by atoms with Crippen LogP contribution in [0.25, 0.3) is 0 Å². The summed E-state index contributed by atoms with van der Waals surface area (Å²) in [4.78, 5) is 88.0. The van der Waals surface area contributed by atoms with Crippen molar-refractivity contribution in [3.63, 3.8) is 0 Å². The third-order valence-electron chi connectivity index (χ3n) is 13.8. The number of halogens is 1. The van der Waals surface area contributed by atoms with Gasteiger partial charge in [-0.2, -0.15) is 0 Å². The van der Waals surface area contributed by atoms with Crippen molar-refractivity contribution in [3.8, 4) is 0 Å². The third-order valence-corrected chi connectivity index (χ3v) is 13.8. The van der Waals surface area contributed by atoms with E-state index < -0.39 is 17.9 Å². The smallest absolute Gasteiger partial charge is 0.253 e. The average Bonchev–Trinajstić information content (AvgIpc) is 4.26. The van der Waals surface area contributed by atoms with Crippen molar-refractivity contribution < 1.29 is 33.2 Å². The monoisotopic (exact) mass is 896 g/mol. The van der Waals surface area contributed by atoms with Crippen LogP contribution < -0.4 is 16.0 Å². The zero-order valence-electron chi connectivity index (χ0n) is 37.7. The van der Waals surface area contributed by atoms with Gasteiger partial charge in [-0.05, 0) is 78.8 Å². The molecule has 0 bridgehead atoms. The molecule has 2 heterocycles. The van der Waals surface area contributed by atoms with Gasteiger partial charge in [-0.25, -0.2) is 4.39 Å². The molecule has 6 amide bonds. The van der Waals surface area contributed by atoms with Crippen molar-refractivity contribution in [2.75, 3.05) is 39.3 Å². The number of benzene rings is 4. The number of amides is 6. The first kappa shape index (κ1) is 46.2. The van der Waals surface area contributed by atoms with Crippen LogP contribution in [0.2, 0.25) is 0 Å². The summed E-state index contributed by atoms with van der Waals surface area (Å²) in [5, 5.41) is 9.29. The van der Waals surface area contributed by atoms with Gasteiger partial charge in [-0.15, -0.1) is 0 Å². The first-order chi connectivity index (χ1) is 32.1. The van der Waals surface area contributed by atoms with E-state index in [4.69, 9.17) is 0 Å². The molecule has 346 valence electrons. The van der Waals surface area contributed by atoms with Crippen LogP contribution in [-0.4, -0.2) is 108 Å². The molecule has 2 aliphatic heterocycles. The molecule has 13 heteroatoms. The lowest BCUT2D eigenvalue weighted by atomic mass is 9.94. The van der Waals surface area contributed by atoms with E-state index in [1.165, 1.54) is 12.1 Å². The van der Waals surface area contributed by atoms with Gasteiger partial charge in [0.05, 0.1) is 18.4 Å². The number of carbonyl (C=O) groups excluding carboxylic acids is 6. The fourth-order valence-corrected chi connectivity index (χ4v) is 9.66. The van der Waals surface area contributed by atoms with Crippen molar-refractivity contribution in [2.45, 2.75) is 94.7 Å². The highest BCUT2D eigenvalue weighted by molar-refractivity contribution is 6.00. The molecule has 0 spiro atoms. The lowest BCUT2D eigenvalue weighted by Crippen LogP contribution is -2.61. The zero-order chi connectivity index (χ0) is 46.2. The molecule has 4 fully saturated rings. The Labute approximate surface area is 386 Å². The number of nitrogens with zero attached hydrogens (tertiary/aromatic N) is 3. The lowest BCUT2D eigenvalue weighted by molar-refractivity contribution is -0.143. The average molecular weight is 897 g/mol. The van der Waals surface area contributed by atoms with Gasteiger partial charge < -0.3 is 30.7 Å². The van der Waals surface area contributed by atoms with Crippen LogP contribution in [0.1, 0.15) is 108 Å². The summed E-state index contributed by atoms with van der Waals surface area (Å²) in [5.41, 5.74) is 3.81. The number of hydrogen-bond acceptors (Lipinski definition) is 6. The minimum absolute atomic E-state index is 0.00403. The highest BCUT2D eigenvalue weighted by Crippen LogP contribution is 2.42. The van der Waals surface area contributed by atoms with Crippen LogP contribution in [0, 0.1) is 17.7 Å². The molecule has 12 nitrogen and oxygen atoms in total. The number of piperazine rings is 1. The molecule has 1 unspecified atom stereocenters. The molecule has 2 aliphatic carbocycles. The van der Waals surface area contributed by atoms with Gasteiger partial charge in [-0.1, -0.05) is 105 Å². The largest absolute Gasteiger partial charge is 0.354 e. The van der Waals surface area contributed by atoms with Crippen LogP contribution in [0.4, 0.5) is 4.39 Å². The SMILES string of the molecule is CCCCCCCC(=O)N1CCN(C(=O)c2ccc(C(=O)N3C[C@@H](C(=O)N[C@H]4C[C@@H]4c4ccccc4)[C@H](C(=O)N[C@H]4C[C@@H]4c4ccccc4)C3)cc2)CC1C(=O)NCCc1ccc(F)cc1. The number of hydrogen-bond donors (Lipinski definition) is 3. The topological polar surface area (TPSA) is 148 Å². The Morgan fingerprint density at radius 1 is 0.591 bits per heavy atom. The van der Waals surface area contributed by atoms with E-state index in [-0.39, 0.29) is 104 Å². The van der Waals surface area contributed by atoms with Gasteiger partial charge in [0.2, 0.25) is 23.6 Å². The summed E-state index contributed by atoms with van der Waals surface area (Å²) in [6.45, 7) is 3.01. The highest BCUT2D eigenvalue weighted by atomic mass is 19.1. The Morgan fingerprint density at radius 3 is 1.67 bits per heavy atom. The van der Waals surface area contributed by atoms with E-state index >= 15 is 0 Å². The lowest BCUT2D eigenvalue weighted by Gasteiger charge is -2.40. The molecule has 4 aromatic carbocycles. The summed E-state index contributed by atoms with van der Waals surface area (Å²) in [7, 11) is 0. The Kier molecular flexibility index (Phi) is 14.9. The van der Waals surface area contributed by atoms with Crippen LogP contribution in [-0.2, 0) is 25.6 Å². The predicted octanol–water partition coefficient (Wildman–Crippen LogP) is 6.23. The summed E-state index contributed by atoms with van der Waals surface area (Å²) < 4.78 is 13.4. The van der Waals surface area contributed by atoms with Crippen molar-refractivity contribution in [3.05, 3.63) is 143 Å². The van der Waals surface area contributed by atoms with Gasteiger partial charge in [0.25, 0.3) is 11.8 Å². The second-order valence-electron chi connectivity index (χ2n) is 18.4. The van der Waals surface area contributed by atoms with Crippen LogP contribution in [0.15, 0.2) is 109 Å². The van der Waals surface area contributed by atoms with Crippen molar-refractivity contribution in [1.29, 1.82) is 0 Å². The Hall–Kier alpha value is -6.37. The molecule has 8 rings (SSSR count). The number of nitrogens with one attached hydrogen (secondary N) is 3. The molecule has 4 aromatic rings. The van der Waals surface area contributed by atoms with Gasteiger partial charge in [0, 0.05) is 74.2 Å². The van der Waals surface area contributed by atoms with Crippen LogP contribution >= 0.6 is 0 Å². The predicted molar refractivity (Wildman–Crippen MR) is 249 cm³/mol. The Bertz CT molecular complexity index is 2270. The van der Waals surface area contributed by atoms with E-state index in [0.29, 0.717) is 24.0 Å². The summed E-state index contributed by atoms with van der Waals surface area (Å²) >= 11 is 0. The molecule has 0 radical (unpaired) electrons. The standard InChI is InChI=1S/C53H61FN6O6/c1-2-3-4-5-12-17-48(61)60-29-28-58(34-47(60)51(64)55-27-26-35-18-24-40(54)25-19-35)52(65)38-20-22-39(23-21-38)53(66)59-32-43(49(62)56-45-30-41(45)36-13-8-6-9-14-36)44(33-59)50(63)57-46-31-42(46)37-15-10-7-11-16-37/h6-11,13-16,18-25,41-47H,2-5,12,17,26-34H2,1H3,(H,55,64)(H,56,62)(H,57,63)/t41-,42-,43-,44-,45+,46+,47?/m1/s1. The number of unbranched alkanes of at least 4 members (excludes halogenated alkanes) is 4. The molecule has 2 saturated carbocycles. The zero-order valence-corrected chi connectivity index (χ0v) is 37.7. The Morgan fingerprint density at radius 2 is 1.12 bits per heavy atom. The highest BCUT2D eigenvalue weighted by Gasteiger charge is 2.49. The quantitative estimate of drug-likeness (QED) is 0.101. The second-order valence-corrected chi connectivity index (χ2v) is 18.4. The van der Waals surface area contributed by atoms with Crippen LogP contribution in [0.5, 0.6) is 0 Å². The first-order valence-electron chi connectivity index (χ1n) is 23.8. The van der Waals surface area contributed by atoms with E-state index in [0.717, 1.165) is 61.6 Å². The van der Waals surface area contributed by atoms with Gasteiger partial charge >= 0.3 is 0 Å². The van der Waals surface area contributed by atoms with E-state index in [9.17, 15) is 33.2 Å². The maximum absolute atomic E-state index is 14.1. The minimum atomic E-state index is -0.890. The molecule has 0 aromatic heterocycles. The number of carbonyl (C=O) groups is 6. The fourth-order valence-electron chi connectivity index (χ4n) is 9.66. The normalized spacial score (nSPS) is 23.2. The number of likely N-dealkylation sites (tertiary alicyclic amines) is 1. The van der Waals surface area contributed by atoms with Gasteiger partial charge in [-0.3, -0.25) is 28.8 Å². The molecule has 3 N–H and O–H groups in total. The fraction of sp³-hybridized carbons (Fsp3) is 0.434. The second kappa shape index (κ2) is 21.3. The van der Waals surface area contributed by atoms with E-state index in [1.807, 2.05) is 36.4 Å². The van der Waals surface area contributed by atoms with Crippen molar-refractivity contribution >= 4 is 35.4 Å². The maximum atomic E-state index is 14.1. The summed E-state index contributed by atoms with van der Waals surface area (Å²) in [5.74, 6) is -3.02. The van der Waals surface area contributed by atoms with E-state index in [2.05, 4.69) is 47.1 Å². The van der Waals surface area contributed by atoms with E-state index in [1.54, 1.807) is 51.1 Å². The van der Waals surface area contributed by atoms with Gasteiger partial charge in [0.1, 0.15) is 11.9 Å². The number of rotatable bonds is 18.